The quantitative estimate of drug-likeness (QED) is 0.510. The summed E-state index contributed by atoms with van der Waals surface area (Å²) in [4.78, 5) is 17.9. The molecule has 0 radical (unpaired) electrons. The zero-order valence-corrected chi connectivity index (χ0v) is 17.7. The Labute approximate surface area is 173 Å². The zero-order chi connectivity index (χ0) is 19.9. The van der Waals surface area contributed by atoms with Crippen LogP contribution in [0.3, 0.4) is 0 Å². The average molecular weight is 415 g/mol. The zero-order valence-electron chi connectivity index (χ0n) is 16.0. The van der Waals surface area contributed by atoms with Gasteiger partial charge < -0.3 is 14.8 Å². The van der Waals surface area contributed by atoms with Crippen LogP contribution < -0.4 is 14.8 Å². The number of methoxy groups -OCH3 is 2. The minimum Gasteiger partial charge on any atom is -0.497 e. The molecule has 0 aliphatic rings. The number of amides is 1. The Kier molecular flexibility index (Phi) is 6.95. The van der Waals surface area contributed by atoms with Gasteiger partial charge in [0.15, 0.2) is 5.13 Å². The summed E-state index contributed by atoms with van der Waals surface area (Å²) in [5, 5.41) is 5.41. The fourth-order valence-electron chi connectivity index (χ4n) is 2.59. The lowest BCUT2D eigenvalue weighted by Gasteiger charge is -2.07. The van der Waals surface area contributed by atoms with Crippen molar-refractivity contribution < 1.29 is 14.3 Å². The normalized spacial score (nSPS) is 10.5. The molecule has 0 spiro atoms. The molecule has 0 fully saturated rings. The third-order valence-electron chi connectivity index (χ3n) is 4.04. The molecule has 1 N–H and O–H groups in total. The second-order valence-corrected chi connectivity index (χ2v) is 8.09. The van der Waals surface area contributed by atoms with Gasteiger partial charge in [0.25, 0.3) is 0 Å². The molecular weight excluding hydrogens is 392 g/mol. The van der Waals surface area contributed by atoms with Crippen molar-refractivity contribution in [1.29, 1.82) is 0 Å². The molecule has 0 atom stereocenters. The average Bonchev–Trinajstić information content (AvgIpc) is 3.16. The van der Waals surface area contributed by atoms with Crippen molar-refractivity contribution >= 4 is 34.1 Å². The number of carbonyl (C=O) groups is 1. The monoisotopic (exact) mass is 414 g/mol. The molecule has 0 aliphatic heterocycles. The Morgan fingerprint density at radius 2 is 1.93 bits per heavy atom. The van der Waals surface area contributed by atoms with Gasteiger partial charge in [-0.2, -0.15) is 0 Å². The van der Waals surface area contributed by atoms with Crippen LogP contribution in [0.15, 0.2) is 52.7 Å². The number of nitrogens with zero attached hydrogens (tertiary/aromatic N) is 1. The lowest BCUT2D eigenvalue weighted by molar-refractivity contribution is -0.115. The molecule has 1 aromatic heterocycles. The Hall–Kier alpha value is -2.51. The summed E-state index contributed by atoms with van der Waals surface area (Å²) in [6.45, 7) is 2.03. The van der Waals surface area contributed by atoms with Crippen LogP contribution in [0.4, 0.5) is 5.13 Å². The van der Waals surface area contributed by atoms with Crippen molar-refractivity contribution in [1.82, 2.24) is 4.98 Å². The number of anilines is 1. The highest BCUT2D eigenvalue weighted by Gasteiger charge is 2.12. The summed E-state index contributed by atoms with van der Waals surface area (Å²) < 4.78 is 10.6. The smallest absolute Gasteiger partial charge is 0.226 e. The van der Waals surface area contributed by atoms with Crippen LogP contribution in [-0.2, 0) is 4.79 Å². The molecule has 3 aromatic rings. The first-order chi connectivity index (χ1) is 13.6. The highest BCUT2D eigenvalue weighted by Crippen LogP contribution is 2.33. The van der Waals surface area contributed by atoms with Gasteiger partial charge in [-0.1, -0.05) is 11.6 Å². The lowest BCUT2D eigenvalue weighted by Crippen LogP contribution is -2.11. The van der Waals surface area contributed by atoms with Gasteiger partial charge in [0.05, 0.1) is 19.9 Å². The van der Waals surface area contributed by atoms with Gasteiger partial charge in [-0.3, -0.25) is 4.79 Å². The summed E-state index contributed by atoms with van der Waals surface area (Å²) >= 11 is 3.05. The van der Waals surface area contributed by atoms with E-state index >= 15 is 0 Å². The maximum Gasteiger partial charge on any atom is 0.226 e. The number of benzene rings is 2. The van der Waals surface area contributed by atoms with E-state index in [4.69, 9.17) is 9.47 Å². The van der Waals surface area contributed by atoms with E-state index in [-0.39, 0.29) is 5.91 Å². The van der Waals surface area contributed by atoms with Crippen molar-refractivity contribution in [3.05, 3.63) is 53.4 Å². The first-order valence-corrected chi connectivity index (χ1v) is 10.6. The van der Waals surface area contributed by atoms with Gasteiger partial charge in [-0.05, 0) is 43.3 Å². The van der Waals surface area contributed by atoms with Gasteiger partial charge in [0.2, 0.25) is 5.91 Å². The van der Waals surface area contributed by atoms with Crippen LogP contribution >= 0.6 is 23.1 Å². The van der Waals surface area contributed by atoms with E-state index in [2.05, 4.69) is 10.3 Å². The number of hydrogen-bond acceptors (Lipinski definition) is 6. The van der Waals surface area contributed by atoms with Crippen molar-refractivity contribution in [2.24, 2.45) is 0 Å². The van der Waals surface area contributed by atoms with E-state index in [0.717, 1.165) is 33.2 Å². The highest BCUT2D eigenvalue weighted by molar-refractivity contribution is 7.99. The molecule has 0 aliphatic carbocycles. The van der Waals surface area contributed by atoms with Crippen LogP contribution in [0.1, 0.15) is 12.0 Å². The topological polar surface area (TPSA) is 60.5 Å². The lowest BCUT2D eigenvalue weighted by atomic mass is 10.1. The molecular formula is C21H22N2O3S2. The number of thioether (sulfide) groups is 1. The first kappa shape index (κ1) is 20.2. The summed E-state index contributed by atoms with van der Waals surface area (Å²) in [5.74, 6) is 2.25. The van der Waals surface area contributed by atoms with Crippen molar-refractivity contribution in [3.8, 4) is 22.8 Å². The molecule has 146 valence electrons. The number of hydrogen-bond donors (Lipinski definition) is 1. The fourth-order valence-corrected chi connectivity index (χ4v) is 4.17. The van der Waals surface area contributed by atoms with Crippen molar-refractivity contribution in [3.63, 3.8) is 0 Å². The van der Waals surface area contributed by atoms with E-state index in [1.807, 2.05) is 54.8 Å². The number of ether oxygens (including phenoxy) is 2. The van der Waals surface area contributed by atoms with E-state index in [9.17, 15) is 4.79 Å². The van der Waals surface area contributed by atoms with Crippen molar-refractivity contribution in [2.75, 3.05) is 25.3 Å². The van der Waals surface area contributed by atoms with Gasteiger partial charge in [-0.25, -0.2) is 4.98 Å². The summed E-state index contributed by atoms with van der Waals surface area (Å²) in [6.07, 6.45) is 0.416. The Bertz CT molecular complexity index is 939. The maximum atomic E-state index is 12.2. The third kappa shape index (κ3) is 5.27. The van der Waals surface area contributed by atoms with E-state index in [0.29, 0.717) is 17.3 Å². The second kappa shape index (κ2) is 9.61. The molecule has 0 saturated carbocycles. The van der Waals surface area contributed by atoms with Crippen LogP contribution in [-0.4, -0.2) is 30.9 Å². The number of aryl methyl sites for hydroxylation is 1. The number of thiazole rings is 1. The molecule has 0 saturated heterocycles. The van der Waals surface area contributed by atoms with Crippen LogP contribution in [0.5, 0.6) is 11.5 Å². The standard InChI is InChI=1S/C21H22N2O3S2/c1-14-4-9-19(26-3)17(12-14)18-13-28-21(22-18)23-20(24)10-11-27-16-7-5-15(25-2)6-8-16/h4-9,12-13H,10-11H2,1-3H3,(H,22,23,24). The predicted octanol–water partition coefficient (Wildman–Crippen LogP) is 5.26. The molecule has 1 heterocycles. The largest absolute Gasteiger partial charge is 0.497 e. The van der Waals surface area contributed by atoms with Gasteiger partial charge in [0, 0.05) is 28.0 Å². The summed E-state index contributed by atoms with van der Waals surface area (Å²) in [6, 6.07) is 13.8. The Balaban J connectivity index is 1.54. The summed E-state index contributed by atoms with van der Waals surface area (Å²) in [5.41, 5.74) is 2.85. The number of nitrogens with one attached hydrogen (secondary N) is 1. The SMILES string of the molecule is COc1ccc(SCCC(=O)Nc2nc(-c3cc(C)ccc3OC)cs2)cc1. The Morgan fingerprint density at radius 3 is 2.64 bits per heavy atom. The first-order valence-electron chi connectivity index (χ1n) is 8.76. The van der Waals surface area contributed by atoms with E-state index < -0.39 is 0 Å². The number of aromatic nitrogens is 1. The second-order valence-electron chi connectivity index (χ2n) is 6.06. The van der Waals surface area contributed by atoms with Crippen LogP contribution in [0.2, 0.25) is 0 Å². The molecule has 0 bridgehead atoms. The van der Waals surface area contributed by atoms with E-state index in [1.54, 1.807) is 26.0 Å². The number of carbonyl (C=O) groups excluding carboxylic acids is 1. The molecule has 5 nitrogen and oxygen atoms in total. The van der Waals surface area contributed by atoms with Crippen molar-refractivity contribution in [2.45, 2.75) is 18.2 Å². The predicted molar refractivity (Wildman–Crippen MR) is 116 cm³/mol. The minimum absolute atomic E-state index is 0.0434. The van der Waals surface area contributed by atoms with Gasteiger partial charge >= 0.3 is 0 Å². The van der Waals surface area contributed by atoms with Gasteiger partial charge in [-0.15, -0.1) is 23.1 Å². The Morgan fingerprint density at radius 1 is 1.14 bits per heavy atom. The number of rotatable bonds is 8. The van der Waals surface area contributed by atoms with Crippen LogP contribution in [0, 0.1) is 6.92 Å². The summed E-state index contributed by atoms with van der Waals surface area (Å²) in [7, 11) is 3.29. The highest BCUT2D eigenvalue weighted by atomic mass is 32.2. The molecule has 3 rings (SSSR count). The third-order valence-corrected chi connectivity index (χ3v) is 5.81. The van der Waals surface area contributed by atoms with E-state index in [1.165, 1.54) is 11.3 Å². The molecule has 1 amide bonds. The molecule has 7 heteroatoms. The molecule has 2 aromatic carbocycles. The van der Waals surface area contributed by atoms with Crippen LogP contribution in [0.25, 0.3) is 11.3 Å². The van der Waals surface area contributed by atoms with Gasteiger partial charge in [0.1, 0.15) is 11.5 Å². The maximum absolute atomic E-state index is 12.2. The molecule has 0 unspecified atom stereocenters. The molecule has 28 heavy (non-hydrogen) atoms. The fraction of sp³-hybridized carbons (Fsp3) is 0.238. The minimum atomic E-state index is -0.0434.